The average Bonchev–Trinajstić information content (AvgIpc) is 1.37. The minimum atomic E-state index is -0.139. The number of rotatable bonds is 1. The smallest absolute Gasteiger partial charge is 0.0776 e. The Morgan fingerprint density at radius 1 is 2.00 bits per heavy atom. The van der Waals surface area contributed by atoms with Crippen LogP contribution >= 0.6 is 0 Å². The van der Waals surface area contributed by atoms with Gasteiger partial charge in [-0.3, -0.25) is 0 Å². The summed E-state index contributed by atoms with van der Waals surface area (Å²) in [7, 11) is 0. The summed E-state index contributed by atoms with van der Waals surface area (Å²) in [6.45, 7) is -0.139. The first-order valence-electron chi connectivity index (χ1n) is 1.01. The van der Waals surface area contributed by atoms with Crippen molar-refractivity contribution in [1.29, 1.82) is 5.41 Å². The lowest BCUT2D eigenvalue weighted by molar-refractivity contribution is 0.361. The van der Waals surface area contributed by atoms with E-state index in [4.69, 9.17) is 10.5 Å². The monoisotopic (exact) mass is 59.0 g/mol. The van der Waals surface area contributed by atoms with Crippen LogP contribution < -0.4 is 0 Å². The van der Waals surface area contributed by atoms with E-state index in [0.29, 0.717) is 0 Å². The van der Waals surface area contributed by atoms with Crippen LogP contribution in [0.5, 0.6) is 0 Å². The molecule has 0 aliphatic carbocycles. The zero-order valence-electron chi connectivity index (χ0n) is 2.23. The van der Waals surface area contributed by atoms with Crippen molar-refractivity contribution in [1.82, 2.24) is 0 Å². The van der Waals surface area contributed by atoms with Gasteiger partial charge in [0.05, 0.1) is 6.61 Å². The molecule has 0 spiro atoms. The lowest BCUT2D eigenvalue weighted by atomic mass is 10.8. The molecule has 2 heteroatoms. The first kappa shape index (κ1) is 3.63. The molecule has 0 bridgehead atoms. The second kappa shape index (κ2) is 2.63. The fourth-order valence-corrected chi connectivity index (χ4v) is 0. The highest BCUT2D eigenvalue weighted by Gasteiger charge is 1.47. The maximum absolute atomic E-state index is 7.63. The van der Waals surface area contributed by atoms with Gasteiger partial charge in [0.15, 0.2) is 0 Å². The minimum Gasteiger partial charge on any atom is -0.391 e. The van der Waals surface area contributed by atoms with Gasteiger partial charge in [0.25, 0.3) is 0 Å². The van der Waals surface area contributed by atoms with Crippen molar-refractivity contribution in [2.24, 2.45) is 0 Å². The molecule has 0 aromatic heterocycles. The first-order chi connectivity index (χ1) is 1.91. The van der Waals surface area contributed by atoms with Crippen LogP contribution in [0.25, 0.3) is 0 Å². The molecule has 0 atom stereocenters. The summed E-state index contributed by atoms with van der Waals surface area (Å²) in [5.41, 5.74) is 0. The Kier molecular flexibility index (Phi) is 2.39. The van der Waals surface area contributed by atoms with Crippen LogP contribution in [0.2, 0.25) is 0 Å². The molecule has 0 heterocycles. The molecule has 0 aliphatic heterocycles. The van der Waals surface area contributed by atoms with Gasteiger partial charge in [0.2, 0.25) is 0 Å². The van der Waals surface area contributed by atoms with Gasteiger partial charge >= 0.3 is 0 Å². The van der Waals surface area contributed by atoms with Crippen molar-refractivity contribution in [3.05, 3.63) is 0 Å². The summed E-state index contributed by atoms with van der Waals surface area (Å²) in [6.07, 6.45) is 0.931. The molecule has 2 nitrogen and oxygen atoms in total. The van der Waals surface area contributed by atoms with Gasteiger partial charge in [-0.15, -0.1) is 0 Å². The van der Waals surface area contributed by atoms with Crippen LogP contribution in [0.1, 0.15) is 0 Å². The molecule has 0 aliphatic rings. The Morgan fingerprint density at radius 3 is 2.25 bits per heavy atom. The number of hydrogen-bond acceptors (Lipinski definition) is 2. The van der Waals surface area contributed by atoms with Crippen LogP contribution in [-0.4, -0.2) is 17.9 Å². The highest BCUT2D eigenvalue weighted by Crippen LogP contribution is 1.29. The van der Waals surface area contributed by atoms with Gasteiger partial charge in [-0.25, -0.2) is 0 Å². The number of aliphatic hydroxyl groups is 1. The third kappa shape index (κ3) is 1.63. The van der Waals surface area contributed by atoms with E-state index in [1.807, 2.05) is 0 Å². The third-order valence-electron chi connectivity index (χ3n) is 0.0913. The molecule has 0 aromatic rings. The fraction of sp³-hybridized carbons (Fsp3) is 0.500. The van der Waals surface area contributed by atoms with Crippen molar-refractivity contribution in [3.63, 3.8) is 0 Å². The number of aliphatic hydroxyl groups excluding tert-OH is 1. The molecule has 0 amide bonds. The molecular weight excluding hydrogens is 54.0 g/mol. The largest absolute Gasteiger partial charge is 0.391 e. The topological polar surface area (TPSA) is 44.1 Å². The van der Waals surface area contributed by atoms with Crippen LogP contribution in [0.4, 0.5) is 0 Å². The van der Waals surface area contributed by atoms with Gasteiger partial charge in [-0.2, -0.15) is 0 Å². The predicted molar refractivity (Wildman–Crippen MR) is 15.9 cm³/mol. The van der Waals surface area contributed by atoms with Crippen molar-refractivity contribution in [2.45, 2.75) is 0 Å². The first-order valence-corrected chi connectivity index (χ1v) is 1.01. The molecule has 0 fully saturated rings. The van der Waals surface area contributed by atoms with Crippen molar-refractivity contribution >= 4 is 6.21 Å². The van der Waals surface area contributed by atoms with Gasteiger partial charge in [-0.05, 0) is 0 Å². The SMILES string of the molecule is N=CCO. The Balaban J connectivity index is 2.30. The van der Waals surface area contributed by atoms with Crippen molar-refractivity contribution in [3.8, 4) is 0 Å². The highest BCUT2D eigenvalue weighted by molar-refractivity contribution is 5.53. The zero-order chi connectivity index (χ0) is 3.41. The van der Waals surface area contributed by atoms with Crippen LogP contribution in [-0.2, 0) is 0 Å². The third-order valence-corrected chi connectivity index (χ3v) is 0.0913. The quantitative estimate of drug-likeness (QED) is 0.397. The summed E-state index contributed by atoms with van der Waals surface area (Å²) in [4.78, 5) is 0. The van der Waals surface area contributed by atoms with Crippen molar-refractivity contribution in [2.75, 3.05) is 6.61 Å². The molecule has 0 radical (unpaired) electrons. The van der Waals surface area contributed by atoms with E-state index in [0.717, 1.165) is 6.21 Å². The Labute approximate surface area is 24.6 Å². The maximum atomic E-state index is 7.63. The predicted octanol–water partition coefficient (Wildman–Crippen LogP) is -0.372. The Morgan fingerprint density at radius 2 is 2.25 bits per heavy atom. The highest BCUT2D eigenvalue weighted by atomic mass is 16.2. The van der Waals surface area contributed by atoms with E-state index in [1.165, 1.54) is 0 Å². The summed E-state index contributed by atoms with van der Waals surface area (Å²) in [6, 6.07) is 0. The van der Waals surface area contributed by atoms with Gasteiger partial charge in [0.1, 0.15) is 0 Å². The lowest BCUT2D eigenvalue weighted by Crippen LogP contribution is -1.74. The fourth-order valence-electron chi connectivity index (χ4n) is 0. The molecule has 0 aromatic carbocycles. The van der Waals surface area contributed by atoms with Gasteiger partial charge in [0, 0.05) is 6.21 Å². The van der Waals surface area contributed by atoms with Crippen LogP contribution in [0.15, 0.2) is 0 Å². The number of hydrogen-bond donors (Lipinski definition) is 2. The minimum absolute atomic E-state index is 0.139. The summed E-state index contributed by atoms with van der Waals surface area (Å²) >= 11 is 0. The van der Waals surface area contributed by atoms with E-state index in [1.54, 1.807) is 0 Å². The number of nitrogens with one attached hydrogen (secondary N) is 1. The van der Waals surface area contributed by atoms with E-state index in [-0.39, 0.29) is 6.61 Å². The van der Waals surface area contributed by atoms with Gasteiger partial charge in [-0.1, -0.05) is 0 Å². The molecule has 0 unspecified atom stereocenters. The zero-order valence-corrected chi connectivity index (χ0v) is 2.23. The van der Waals surface area contributed by atoms with Crippen LogP contribution in [0, 0.1) is 5.41 Å². The van der Waals surface area contributed by atoms with Gasteiger partial charge < -0.3 is 10.5 Å². The molecule has 24 valence electrons. The molecule has 0 saturated heterocycles. The molecular formula is C2H5NO. The average molecular weight is 59.1 g/mol. The molecule has 4 heavy (non-hydrogen) atoms. The maximum Gasteiger partial charge on any atom is 0.0776 e. The van der Waals surface area contributed by atoms with Crippen molar-refractivity contribution < 1.29 is 5.11 Å². The summed E-state index contributed by atoms with van der Waals surface area (Å²) in [5, 5.41) is 13.7. The second-order valence-corrected chi connectivity index (χ2v) is 0.387. The van der Waals surface area contributed by atoms with E-state index in [9.17, 15) is 0 Å². The Hall–Kier alpha value is -0.370. The standard InChI is InChI=1S/C2H5NO/c3-1-2-4/h1,3-4H,2H2. The van der Waals surface area contributed by atoms with E-state index >= 15 is 0 Å². The summed E-state index contributed by atoms with van der Waals surface area (Å²) < 4.78 is 0. The normalized spacial score (nSPS) is 6.25. The lowest BCUT2D eigenvalue weighted by Gasteiger charge is -1.58. The molecule has 0 rings (SSSR count). The Bertz CT molecular complexity index is 20.0. The van der Waals surface area contributed by atoms with E-state index in [2.05, 4.69) is 0 Å². The van der Waals surface area contributed by atoms with Crippen LogP contribution in [0.3, 0.4) is 0 Å². The summed E-state index contributed by atoms with van der Waals surface area (Å²) in [5.74, 6) is 0. The van der Waals surface area contributed by atoms with E-state index < -0.39 is 0 Å². The molecule has 2 N–H and O–H groups in total. The molecule has 0 saturated carbocycles. The second-order valence-electron chi connectivity index (χ2n) is 0.387.